The second-order valence-corrected chi connectivity index (χ2v) is 5.64. The molecule has 106 valence electrons. The molecule has 1 atom stereocenters. The lowest BCUT2D eigenvalue weighted by Gasteiger charge is -2.29. The topological polar surface area (TPSA) is 84.4 Å². The van der Waals surface area contributed by atoms with E-state index in [1.54, 1.807) is 6.20 Å². The van der Waals surface area contributed by atoms with Gasteiger partial charge in [0.1, 0.15) is 4.47 Å². The molecular formula is C12H19BrN4O2. The second-order valence-electron chi connectivity index (χ2n) is 4.85. The minimum absolute atomic E-state index is 0.109. The van der Waals surface area contributed by atoms with Gasteiger partial charge in [0, 0.05) is 19.6 Å². The Morgan fingerprint density at radius 3 is 2.89 bits per heavy atom. The maximum absolute atomic E-state index is 12.1. The fourth-order valence-electron chi connectivity index (χ4n) is 2.28. The van der Waals surface area contributed by atoms with Crippen molar-refractivity contribution < 1.29 is 5.11 Å². The molecule has 1 fully saturated rings. The number of aliphatic hydroxyl groups is 1. The zero-order valence-corrected chi connectivity index (χ0v) is 12.5. The second kappa shape index (κ2) is 6.02. The number of nitrogens with zero attached hydrogens (tertiary/aromatic N) is 3. The summed E-state index contributed by atoms with van der Waals surface area (Å²) in [6, 6.07) is 0.242. The van der Waals surface area contributed by atoms with E-state index in [0.29, 0.717) is 16.9 Å². The van der Waals surface area contributed by atoms with Gasteiger partial charge in [-0.3, -0.25) is 4.79 Å². The third-order valence-corrected chi connectivity index (χ3v) is 4.31. The maximum Gasteiger partial charge on any atom is 0.283 e. The molecule has 1 aliphatic rings. The Balaban J connectivity index is 2.29. The van der Waals surface area contributed by atoms with Crippen molar-refractivity contribution in [1.82, 2.24) is 9.78 Å². The third-order valence-electron chi connectivity index (χ3n) is 3.56. The summed E-state index contributed by atoms with van der Waals surface area (Å²) in [5.41, 5.74) is 6.34. The van der Waals surface area contributed by atoms with Crippen LogP contribution in [0, 0.1) is 5.92 Å². The Morgan fingerprint density at radius 2 is 2.37 bits per heavy atom. The predicted molar refractivity (Wildman–Crippen MR) is 77.3 cm³/mol. The minimum atomic E-state index is -0.232. The van der Waals surface area contributed by atoms with E-state index in [1.165, 1.54) is 17.5 Å². The van der Waals surface area contributed by atoms with E-state index in [0.717, 1.165) is 5.69 Å². The minimum Gasteiger partial charge on any atom is -0.394 e. The van der Waals surface area contributed by atoms with Crippen molar-refractivity contribution in [1.29, 1.82) is 0 Å². The number of hydrogen-bond donors (Lipinski definition) is 2. The molecule has 6 nitrogen and oxygen atoms in total. The fourth-order valence-corrected chi connectivity index (χ4v) is 2.87. The Bertz CT molecular complexity index is 501. The van der Waals surface area contributed by atoms with Crippen LogP contribution in [0.2, 0.25) is 0 Å². The number of halogens is 1. The van der Waals surface area contributed by atoms with Crippen LogP contribution >= 0.6 is 15.9 Å². The first-order valence-corrected chi connectivity index (χ1v) is 7.18. The van der Waals surface area contributed by atoms with Gasteiger partial charge < -0.3 is 15.7 Å². The van der Waals surface area contributed by atoms with Crippen LogP contribution in [-0.2, 0) is 6.54 Å². The van der Waals surface area contributed by atoms with Gasteiger partial charge in [-0.05, 0) is 34.7 Å². The van der Waals surface area contributed by atoms with Gasteiger partial charge in [-0.2, -0.15) is 5.10 Å². The number of aliphatic hydroxyl groups excluding tert-OH is 1. The molecule has 0 aliphatic heterocycles. The molecule has 0 aromatic carbocycles. The molecule has 1 saturated carbocycles. The smallest absolute Gasteiger partial charge is 0.283 e. The van der Waals surface area contributed by atoms with E-state index in [9.17, 15) is 4.79 Å². The van der Waals surface area contributed by atoms with Gasteiger partial charge >= 0.3 is 0 Å². The number of anilines is 1. The standard InChI is InChI=1S/C12H19BrN4O2/c1-16(9(6-14)8-2-3-8)10-7-15-17(4-5-18)12(19)11(10)13/h7-9,18H,2-6,14H2,1H3. The Kier molecular flexibility index (Phi) is 4.59. The van der Waals surface area contributed by atoms with Gasteiger partial charge in [-0.1, -0.05) is 0 Å². The molecule has 19 heavy (non-hydrogen) atoms. The van der Waals surface area contributed by atoms with Crippen molar-refractivity contribution in [3.8, 4) is 0 Å². The van der Waals surface area contributed by atoms with E-state index < -0.39 is 0 Å². The first kappa shape index (κ1) is 14.5. The molecule has 1 aliphatic carbocycles. The summed E-state index contributed by atoms with van der Waals surface area (Å²) in [6.45, 7) is 0.653. The molecule has 0 radical (unpaired) electrons. The summed E-state index contributed by atoms with van der Waals surface area (Å²) in [4.78, 5) is 14.1. The van der Waals surface area contributed by atoms with Crippen molar-refractivity contribution in [2.24, 2.45) is 11.7 Å². The molecule has 1 unspecified atom stereocenters. The highest BCUT2D eigenvalue weighted by atomic mass is 79.9. The molecule has 7 heteroatoms. The summed E-state index contributed by atoms with van der Waals surface area (Å²) in [5.74, 6) is 0.613. The Labute approximate surface area is 120 Å². The van der Waals surface area contributed by atoms with E-state index in [2.05, 4.69) is 21.0 Å². The first-order chi connectivity index (χ1) is 9.10. The van der Waals surface area contributed by atoms with E-state index >= 15 is 0 Å². The van der Waals surface area contributed by atoms with Crippen molar-refractivity contribution >= 4 is 21.6 Å². The highest BCUT2D eigenvalue weighted by molar-refractivity contribution is 9.10. The van der Waals surface area contributed by atoms with E-state index in [-0.39, 0.29) is 24.8 Å². The predicted octanol–water partition coefficient (Wildman–Crippen LogP) is 0.172. The van der Waals surface area contributed by atoms with Crippen LogP contribution in [0.25, 0.3) is 0 Å². The van der Waals surface area contributed by atoms with Gasteiger partial charge in [-0.15, -0.1) is 0 Å². The normalized spacial score (nSPS) is 16.4. The largest absolute Gasteiger partial charge is 0.394 e. The van der Waals surface area contributed by atoms with Crippen molar-refractivity contribution in [2.75, 3.05) is 25.1 Å². The van der Waals surface area contributed by atoms with Crippen LogP contribution in [0.4, 0.5) is 5.69 Å². The van der Waals surface area contributed by atoms with Crippen LogP contribution in [0.1, 0.15) is 12.8 Å². The van der Waals surface area contributed by atoms with Crippen molar-refractivity contribution in [3.05, 3.63) is 21.0 Å². The SMILES string of the molecule is CN(c1cnn(CCO)c(=O)c1Br)C(CN)C1CC1. The Hall–Kier alpha value is -0.920. The average Bonchev–Trinajstić information content (AvgIpc) is 3.21. The zero-order valence-electron chi connectivity index (χ0n) is 10.9. The highest BCUT2D eigenvalue weighted by Crippen LogP contribution is 2.36. The molecule has 1 aromatic heterocycles. The first-order valence-electron chi connectivity index (χ1n) is 6.39. The third kappa shape index (κ3) is 2.98. The number of hydrogen-bond acceptors (Lipinski definition) is 5. The van der Waals surface area contributed by atoms with Crippen LogP contribution in [0.3, 0.4) is 0 Å². The van der Waals surface area contributed by atoms with Crippen molar-refractivity contribution in [3.63, 3.8) is 0 Å². The van der Waals surface area contributed by atoms with Crippen molar-refractivity contribution in [2.45, 2.75) is 25.4 Å². The van der Waals surface area contributed by atoms with Gasteiger partial charge in [0.05, 0.1) is 25.0 Å². The lowest BCUT2D eigenvalue weighted by Crippen LogP contribution is -2.41. The molecule has 0 spiro atoms. The molecular weight excluding hydrogens is 312 g/mol. The number of likely N-dealkylation sites (N-methyl/N-ethyl adjacent to an activating group) is 1. The molecule has 0 bridgehead atoms. The number of rotatable bonds is 6. The van der Waals surface area contributed by atoms with Crippen LogP contribution in [-0.4, -0.2) is 41.1 Å². The average molecular weight is 331 g/mol. The molecule has 2 rings (SSSR count). The summed E-state index contributed by atoms with van der Waals surface area (Å²) >= 11 is 3.33. The van der Waals surface area contributed by atoms with Gasteiger partial charge in [-0.25, -0.2) is 4.68 Å². The van der Waals surface area contributed by atoms with E-state index in [1.807, 2.05) is 11.9 Å². The molecule has 1 aromatic rings. The highest BCUT2D eigenvalue weighted by Gasteiger charge is 2.34. The summed E-state index contributed by atoms with van der Waals surface area (Å²) in [6.07, 6.45) is 4.03. The van der Waals surface area contributed by atoms with E-state index in [4.69, 9.17) is 10.8 Å². The molecule has 0 amide bonds. The van der Waals surface area contributed by atoms with Crippen LogP contribution in [0.5, 0.6) is 0 Å². The molecule has 3 N–H and O–H groups in total. The lowest BCUT2D eigenvalue weighted by atomic mass is 10.1. The summed E-state index contributed by atoms with van der Waals surface area (Å²) in [5, 5.41) is 13.0. The number of aromatic nitrogens is 2. The summed E-state index contributed by atoms with van der Waals surface area (Å²) < 4.78 is 1.72. The van der Waals surface area contributed by atoms with Crippen LogP contribution in [0.15, 0.2) is 15.5 Å². The molecule has 1 heterocycles. The maximum atomic E-state index is 12.1. The number of nitrogens with two attached hydrogens (primary N) is 1. The Morgan fingerprint density at radius 1 is 1.68 bits per heavy atom. The lowest BCUT2D eigenvalue weighted by molar-refractivity contribution is 0.266. The quantitative estimate of drug-likeness (QED) is 0.776. The van der Waals surface area contributed by atoms with Gasteiger partial charge in [0.25, 0.3) is 5.56 Å². The monoisotopic (exact) mass is 330 g/mol. The van der Waals surface area contributed by atoms with Gasteiger partial charge in [0.15, 0.2) is 0 Å². The zero-order chi connectivity index (χ0) is 14.0. The molecule has 0 saturated heterocycles. The fraction of sp³-hybridized carbons (Fsp3) is 0.667. The van der Waals surface area contributed by atoms with Crippen LogP contribution < -0.4 is 16.2 Å². The van der Waals surface area contributed by atoms with Gasteiger partial charge in [0.2, 0.25) is 0 Å². The summed E-state index contributed by atoms with van der Waals surface area (Å²) in [7, 11) is 1.94.